The monoisotopic (exact) mass is 504 g/mol. The van der Waals surface area contributed by atoms with Crippen molar-refractivity contribution in [3.8, 4) is 0 Å². The van der Waals surface area contributed by atoms with Crippen LogP contribution in [0.4, 0.5) is 0 Å². The van der Waals surface area contributed by atoms with Crippen molar-refractivity contribution in [2.45, 2.75) is 138 Å². The summed E-state index contributed by atoms with van der Waals surface area (Å²) in [5, 5.41) is 0. The molecule has 202 valence electrons. The first-order valence-corrected chi connectivity index (χ1v) is 16.9. The first kappa shape index (κ1) is 31.9. The Hall–Kier alpha value is -1.13. The van der Waals surface area contributed by atoms with Gasteiger partial charge in [0.1, 0.15) is 0 Å². The number of hydrogen-bond donors (Lipinski definition) is 0. The topological polar surface area (TPSA) is 35.5 Å². The number of esters is 1. The minimum absolute atomic E-state index is 0.161. The lowest BCUT2D eigenvalue weighted by Gasteiger charge is -2.38. The fourth-order valence-electron chi connectivity index (χ4n) is 5.20. The first-order valence-electron chi connectivity index (χ1n) is 14.4. The standard InChI is InChI=1S/C31H56O3Si/c1-13-35(14-2,15-3)34-30(24(10)11)25(12)17-16-18-33-31(32)29-27(22(6)7)19-26(21(4)5)20-28(29)23(8)9/h19-25,30H,13-18H2,1-12H3/t25-,30-/m0/s1. The summed E-state index contributed by atoms with van der Waals surface area (Å²) in [6.07, 6.45) is 2.16. The summed E-state index contributed by atoms with van der Waals surface area (Å²) in [4.78, 5) is 13.3. The average Bonchev–Trinajstić information content (AvgIpc) is 2.81. The number of benzene rings is 1. The zero-order chi connectivity index (χ0) is 26.9. The van der Waals surface area contributed by atoms with Gasteiger partial charge in [-0.25, -0.2) is 4.79 Å². The van der Waals surface area contributed by atoms with Gasteiger partial charge in [0.25, 0.3) is 0 Å². The van der Waals surface area contributed by atoms with Crippen LogP contribution in [-0.4, -0.2) is 27.0 Å². The van der Waals surface area contributed by atoms with Crippen molar-refractivity contribution in [2.24, 2.45) is 11.8 Å². The number of hydrogen-bond acceptors (Lipinski definition) is 3. The van der Waals surface area contributed by atoms with Crippen LogP contribution >= 0.6 is 0 Å². The van der Waals surface area contributed by atoms with Crippen molar-refractivity contribution in [3.63, 3.8) is 0 Å². The van der Waals surface area contributed by atoms with Gasteiger partial charge in [-0.2, -0.15) is 0 Å². The van der Waals surface area contributed by atoms with E-state index in [0.29, 0.717) is 24.4 Å². The van der Waals surface area contributed by atoms with Gasteiger partial charge in [0.15, 0.2) is 8.32 Å². The van der Waals surface area contributed by atoms with Gasteiger partial charge in [-0.15, -0.1) is 0 Å². The van der Waals surface area contributed by atoms with Gasteiger partial charge < -0.3 is 9.16 Å². The van der Waals surface area contributed by atoms with Crippen molar-refractivity contribution in [1.82, 2.24) is 0 Å². The molecule has 2 atom stereocenters. The molecule has 1 aromatic rings. The van der Waals surface area contributed by atoms with Crippen molar-refractivity contribution < 1.29 is 14.0 Å². The molecule has 0 saturated heterocycles. The molecule has 0 saturated carbocycles. The minimum Gasteiger partial charge on any atom is -0.462 e. The van der Waals surface area contributed by atoms with E-state index in [1.165, 1.54) is 23.7 Å². The third-order valence-electron chi connectivity index (χ3n) is 7.91. The van der Waals surface area contributed by atoms with E-state index in [4.69, 9.17) is 9.16 Å². The molecule has 0 N–H and O–H groups in total. The maximum atomic E-state index is 13.3. The highest BCUT2D eigenvalue weighted by Gasteiger charge is 2.35. The maximum absolute atomic E-state index is 13.3. The SMILES string of the molecule is CC[Si](CC)(CC)O[C@@H](C(C)C)[C@@H](C)CCCOC(=O)c1c(C(C)C)cc(C(C)C)cc1C(C)C. The van der Waals surface area contributed by atoms with Gasteiger partial charge in [0.2, 0.25) is 0 Å². The van der Waals surface area contributed by atoms with Crippen molar-refractivity contribution >= 4 is 14.3 Å². The Morgan fingerprint density at radius 1 is 0.800 bits per heavy atom. The number of carbonyl (C=O) groups excluding carboxylic acids is 1. The molecule has 0 aromatic heterocycles. The van der Waals surface area contributed by atoms with Crippen LogP contribution in [0.5, 0.6) is 0 Å². The highest BCUT2D eigenvalue weighted by Crippen LogP contribution is 2.33. The molecule has 0 bridgehead atoms. The quantitative estimate of drug-likeness (QED) is 0.135. The molecule has 0 fully saturated rings. The molecule has 4 heteroatoms. The van der Waals surface area contributed by atoms with Gasteiger partial charge in [-0.05, 0) is 77.3 Å². The van der Waals surface area contributed by atoms with Gasteiger partial charge in [-0.1, -0.05) is 95.2 Å². The van der Waals surface area contributed by atoms with E-state index in [1.807, 2.05) is 0 Å². The second kappa shape index (κ2) is 14.6. The Kier molecular flexibility index (Phi) is 13.3. The zero-order valence-electron chi connectivity index (χ0n) is 25.1. The largest absolute Gasteiger partial charge is 0.462 e. The lowest BCUT2D eigenvalue weighted by Crippen LogP contribution is -2.44. The van der Waals surface area contributed by atoms with Crippen LogP contribution in [0.25, 0.3) is 0 Å². The molecule has 0 spiro atoms. The third kappa shape index (κ3) is 8.74. The fourth-order valence-corrected chi connectivity index (χ4v) is 8.28. The van der Waals surface area contributed by atoms with Crippen LogP contribution in [0, 0.1) is 11.8 Å². The molecule has 1 aromatic carbocycles. The molecule has 0 aliphatic rings. The minimum atomic E-state index is -1.65. The predicted molar refractivity (Wildman–Crippen MR) is 154 cm³/mol. The van der Waals surface area contributed by atoms with Gasteiger partial charge >= 0.3 is 5.97 Å². The van der Waals surface area contributed by atoms with E-state index >= 15 is 0 Å². The molecular weight excluding hydrogens is 448 g/mol. The van der Waals surface area contributed by atoms with Crippen molar-refractivity contribution in [2.75, 3.05) is 6.61 Å². The molecule has 0 aliphatic carbocycles. The van der Waals surface area contributed by atoms with Crippen molar-refractivity contribution in [3.05, 3.63) is 34.4 Å². The summed E-state index contributed by atoms with van der Waals surface area (Å²) in [5.41, 5.74) is 4.33. The van der Waals surface area contributed by atoms with E-state index < -0.39 is 8.32 Å². The molecule has 0 amide bonds. The second-order valence-corrected chi connectivity index (χ2v) is 16.6. The van der Waals surface area contributed by atoms with Crippen LogP contribution in [-0.2, 0) is 9.16 Å². The van der Waals surface area contributed by atoms with E-state index in [9.17, 15) is 4.79 Å². The summed E-state index contributed by atoms with van der Waals surface area (Å²) >= 11 is 0. The summed E-state index contributed by atoms with van der Waals surface area (Å²) < 4.78 is 12.8. The second-order valence-electron chi connectivity index (χ2n) is 11.9. The molecule has 35 heavy (non-hydrogen) atoms. The predicted octanol–water partition coefficient (Wildman–Crippen LogP) is 9.68. The highest BCUT2D eigenvalue weighted by molar-refractivity contribution is 6.73. The van der Waals surface area contributed by atoms with Crippen LogP contribution < -0.4 is 0 Å². The zero-order valence-corrected chi connectivity index (χ0v) is 26.1. The van der Waals surface area contributed by atoms with Gasteiger partial charge in [0, 0.05) is 6.10 Å². The molecule has 3 nitrogen and oxygen atoms in total. The molecule has 0 radical (unpaired) electrons. The smallest absolute Gasteiger partial charge is 0.338 e. The van der Waals surface area contributed by atoms with Crippen LogP contribution in [0.2, 0.25) is 18.1 Å². The Bertz CT molecular complexity index is 740. The number of ether oxygens (including phenoxy) is 1. The summed E-state index contributed by atoms with van der Waals surface area (Å²) in [6.45, 7) is 27.3. The average molecular weight is 505 g/mol. The van der Waals surface area contributed by atoms with E-state index in [1.54, 1.807) is 0 Å². The van der Waals surface area contributed by atoms with Crippen LogP contribution in [0.3, 0.4) is 0 Å². The molecule has 0 heterocycles. The lowest BCUT2D eigenvalue weighted by atomic mass is 9.84. The molecular formula is C31H56O3Si. The third-order valence-corrected chi connectivity index (χ3v) is 12.5. The van der Waals surface area contributed by atoms with Crippen LogP contribution in [0.15, 0.2) is 12.1 Å². The normalized spacial score (nSPS) is 14.3. The van der Waals surface area contributed by atoms with Crippen molar-refractivity contribution in [1.29, 1.82) is 0 Å². The Balaban J connectivity index is 2.92. The molecule has 0 aliphatic heterocycles. The maximum Gasteiger partial charge on any atom is 0.338 e. The summed E-state index contributed by atoms with van der Waals surface area (Å²) in [7, 11) is -1.65. The number of carbonyl (C=O) groups is 1. The number of rotatable bonds is 15. The summed E-state index contributed by atoms with van der Waals surface area (Å²) in [5.74, 6) is 1.77. The first-order chi connectivity index (χ1) is 16.3. The lowest BCUT2D eigenvalue weighted by molar-refractivity contribution is 0.0459. The van der Waals surface area contributed by atoms with E-state index in [0.717, 1.165) is 29.5 Å². The Morgan fingerprint density at radius 2 is 1.29 bits per heavy atom. The molecule has 1 rings (SSSR count). The summed E-state index contributed by atoms with van der Waals surface area (Å²) in [6, 6.07) is 7.98. The molecule has 0 unspecified atom stereocenters. The highest BCUT2D eigenvalue weighted by atomic mass is 28.4. The van der Waals surface area contributed by atoms with Crippen LogP contribution in [0.1, 0.15) is 141 Å². The van der Waals surface area contributed by atoms with E-state index in [2.05, 4.69) is 95.2 Å². The van der Waals surface area contributed by atoms with E-state index in [-0.39, 0.29) is 23.9 Å². The fraction of sp³-hybridized carbons (Fsp3) is 0.774. The van der Waals surface area contributed by atoms with Gasteiger partial charge in [-0.3, -0.25) is 0 Å². The van der Waals surface area contributed by atoms with Gasteiger partial charge in [0.05, 0.1) is 12.2 Å². The Morgan fingerprint density at radius 3 is 1.66 bits per heavy atom. The Labute approximate surface area is 218 Å².